The normalized spacial score (nSPS) is 23.4. The maximum atomic E-state index is 6.29. The molecule has 2 aromatic rings. The second kappa shape index (κ2) is 7.40. The first-order valence-corrected chi connectivity index (χ1v) is 11.6. The predicted octanol–water partition coefficient (Wildman–Crippen LogP) is 5.45. The molecule has 0 saturated carbocycles. The van der Waals surface area contributed by atoms with Crippen LogP contribution in [0.2, 0.25) is 0 Å². The summed E-state index contributed by atoms with van der Waals surface area (Å²) in [6, 6.07) is 15.3. The number of rotatable bonds is 5. The van der Waals surface area contributed by atoms with Gasteiger partial charge in [-0.05, 0) is 48.1 Å². The number of nitrogens with zero attached hydrogens (tertiary/aromatic N) is 1. The van der Waals surface area contributed by atoms with E-state index in [2.05, 4.69) is 54.6 Å². The fraction of sp³-hybridized carbons (Fsp3) is 0.348. The van der Waals surface area contributed by atoms with Crippen LogP contribution in [-0.4, -0.2) is 29.9 Å². The molecular formula is C23H23NOS2. The van der Waals surface area contributed by atoms with E-state index in [4.69, 9.17) is 9.73 Å². The Morgan fingerprint density at radius 2 is 1.81 bits per heavy atom. The van der Waals surface area contributed by atoms with Gasteiger partial charge in [0.2, 0.25) is 0 Å². The number of benzene rings is 2. The summed E-state index contributed by atoms with van der Waals surface area (Å²) in [5.74, 6) is 3.92. The summed E-state index contributed by atoms with van der Waals surface area (Å²) < 4.78 is 6.29. The molecule has 27 heavy (non-hydrogen) atoms. The Bertz CT molecular complexity index is 868. The Kier molecular flexibility index (Phi) is 4.78. The molecule has 1 unspecified atom stereocenters. The molecule has 0 saturated heterocycles. The van der Waals surface area contributed by atoms with E-state index < -0.39 is 0 Å². The monoisotopic (exact) mass is 393 g/mol. The Hall–Kier alpha value is -1.65. The predicted molar refractivity (Wildman–Crippen MR) is 116 cm³/mol. The first-order valence-electron chi connectivity index (χ1n) is 9.65. The maximum Gasteiger partial charge on any atom is 0.133 e. The highest BCUT2D eigenvalue weighted by molar-refractivity contribution is 8.05. The van der Waals surface area contributed by atoms with Crippen LogP contribution in [0.1, 0.15) is 17.5 Å². The van der Waals surface area contributed by atoms with Crippen LogP contribution in [0.15, 0.2) is 69.4 Å². The molecule has 0 amide bonds. The van der Waals surface area contributed by atoms with Crippen molar-refractivity contribution in [3.63, 3.8) is 0 Å². The van der Waals surface area contributed by atoms with E-state index in [0.29, 0.717) is 12.5 Å². The van der Waals surface area contributed by atoms with Crippen LogP contribution in [0, 0.1) is 5.92 Å². The molecule has 5 rings (SSSR count). The smallest absolute Gasteiger partial charge is 0.133 e. The van der Waals surface area contributed by atoms with Crippen molar-refractivity contribution >= 4 is 29.7 Å². The van der Waals surface area contributed by atoms with E-state index in [1.165, 1.54) is 26.7 Å². The van der Waals surface area contributed by atoms with E-state index in [1.54, 1.807) is 0 Å². The molecule has 1 atom stereocenters. The molecule has 0 bridgehead atoms. The minimum atomic E-state index is -0.115. The average molecular weight is 394 g/mol. The number of aliphatic imine (C=N–C) groups is 1. The molecule has 2 nitrogen and oxygen atoms in total. The second-order valence-corrected chi connectivity index (χ2v) is 9.62. The van der Waals surface area contributed by atoms with Crippen LogP contribution < -0.4 is 4.74 Å². The zero-order chi connectivity index (χ0) is 18.1. The van der Waals surface area contributed by atoms with Crippen LogP contribution in [0.4, 0.5) is 0 Å². The highest BCUT2D eigenvalue weighted by atomic mass is 32.2. The molecule has 3 aliphatic rings. The summed E-state index contributed by atoms with van der Waals surface area (Å²) in [6.07, 6.45) is 9.55. The van der Waals surface area contributed by atoms with E-state index in [0.717, 1.165) is 30.8 Å². The number of hydrogen-bond donors (Lipinski definition) is 0. The van der Waals surface area contributed by atoms with Gasteiger partial charge in [-0.3, -0.25) is 4.99 Å². The Morgan fingerprint density at radius 3 is 2.59 bits per heavy atom. The third kappa shape index (κ3) is 3.34. The molecule has 2 heterocycles. The van der Waals surface area contributed by atoms with Crippen molar-refractivity contribution in [2.45, 2.75) is 34.6 Å². The van der Waals surface area contributed by atoms with Gasteiger partial charge < -0.3 is 4.74 Å². The standard InChI is InChI=1S/C23H23NOS2/c1-2-6-18-16-19(15-17(18)5-1)23(9-4-11-24-23)10-12-25-20-7-3-8-21-22(20)27-14-13-26-21/h1-9,11,19H,10,12-16H2. The topological polar surface area (TPSA) is 21.6 Å². The minimum Gasteiger partial charge on any atom is -0.492 e. The van der Waals surface area contributed by atoms with Crippen molar-refractivity contribution in [3.8, 4) is 5.75 Å². The van der Waals surface area contributed by atoms with Gasteiger partial charge >= 0.3 is 0 Å². The van der Waals surface area contributed by atoms with Crippen molar-refractivity contribution in [2.75, 3.05) is 18.1 Å². The molecular weight excluding hydrogens is 370 g/mol. The van der Waals surface area contributed by atoms with E-state index >= 15 is 0 Å². The van der Waals surface area contributed by atoms with E-state index in [9.17, 15) is 0 Å². The number of ether oxygens (including phenoxy) is 1. The maximum absolute atomic E-state index is 6.29. The van der Waals surface area contributed by atoms with Gasteiger partial charge in [0.25, 0.3) is 0 Å². The summed E-state index contributed by atoms with van der Waals surface area (Å²) in [7, 11) is 0. The van der Waals surface area contributed by atoms with Crippen molar-refractivity contribution in [2.24, 2.45) is 10.9 Å². The third-order valence-electron chi connectivity index (χ3n) is 5.83. The highest BCUT2D eigenvalue weighted by Crippen LogP contribution is 2.43. The lowest BCUT2D eigenvalue weighted by atomic mass is 9.80. The molecule has 4 heteroatoms. The van der Waals surface area contributed by atoms with Gasteiger partial charge in [0.15, 0.2) is 0 Å². The van der Waals surface area contributed by atoms with Gasteiger partial charge in [0.1, 0.15) is 5.75 Å². The molecule has 0 spiro atoms. The lowest BCUT2D eigenvalue weighted by molar-refractivity contribution is 0.237. The lowest BCUT2D eigenvalue weighted by Gasteiger charge is -2.31. The van der Waals surface area contributed by atoms with Gasteiger partial charge in [-0.15, -0.1) is 23.5 Å². The van der Waals surface area contributed by atoms with E-state index in [1.807, 2.05) is 29.7 Å². The SMILES string of the molecule is C1=CC(CCOc2cccc3c2SCCS3)(C2Cc3ccccc3C2)N=C1. The Balaban J connectivity index is 1.30. The second-order valence-electron chi connectivity index (χ2n) is 7.38. The van der Waals surface area contributed by atoms with Gasteiger partial charge in [0.05, 0.1) is 17.0 Å². The van der Waals surface area contributed by atoms with Crippen LogP contribution in [0.25, 0.3) is 0 Å². The molecule has 2 aliphatic heterocycles. The lowest BCUT2D eigenvalue weighted by Crippen LogP contribution is -2.35. The summed E-state index contributed by atoms with van der Waals surface area (Å²) in [5.41, 5.74) is 2.86. The quantitative estimate of drug-likeness (QED) is 0.674. The van der Waals surface area contributed by atoms with Crippen LogP contribution in [-0.2, 0) is 12.8 Å². The molecule has 0 radical (unpaired) electrons. The Labute approximate surface area is 169 Å². The number of allylic oxidation sites excluding steroid dienone is 1. The summed E-state index contributed by atoms with van der Waals surface area (Å²) in [5, 5.41) is 0. The van der Waals surface area contributed by atoms with Crippen molar-refractivity contribution < 1.29 is 4.74 Å². The van der Waals surface area contributed by atoms with Crippen molar-refractivity contribution in [1.29, 1.82) is 0 Å². The average Bonchev–Trinajstić information content (AvgIpc) is 3.36. The van der Waals surface area contributed by atoms with Crippen LogP contribution >= 0.6 is 23.5 Å². The third-order valence-corrected chi connectivity index (χ3v) is 8.40. The van der Waals surface area contributed by atoms with Gasteiger partial charge in [-0.25, -0.2) is 0 Å². The number of thioether (sulfide) groups is 2. The molecule has 2 aromatic carbocycles. The van der Waals surface area contributed by atoms with Crippen molar-refractivity contribution in [3.05, 3.63) is 65.7 Å². The fourth-order valence-electron chi connectivity index (χ4n) is 4.43. The minimum absolute atomic E-state index is 0.115. The highest BCUT2D eigenvalue weighted by Gasteiger charge is 2.40. The van der Waals surface area contributed by atoms with Crippen molar-refractivity contribution in [1.82, 2.24) is 0 Å². The summed E-state index contributed by atoms with van der Waals surface area (Å²) in [4.78, 5) is 7.61. The molecule has 1 aliphatic carbocycles. The van der Waals surface area contributed by atoms with Crippen LogP contribution in [0.3, 0.4) is 0 Å². The molecule has 138 valence electrons. The van der Waals surface area contributed by atoms with Gasteiger partial charge in [-0.2, -0.15) is 0 Å². The molecule has 0 aromatic heterocycles. The number of fused-ring (bicyclic) bond motifs is 2. The first-order chi connectivity index (χ1) is 13.3. The van der Waals surface area contributed by atoms with Gasteiger partial charge in [0, 0.05) is 29.0 Å². The largest absolute Gasteiger partial charge is 0.492 e. The summed E-state index contributed by atoms with van der Waals surface area (Å²) in [6.45, 7) is 0.705. The van der Waals surface area contributed by atoms with Gasteiger partial charge in [-0.1, -0.05) is 36.4 Å². The van der Waals surface area contributed by atoms with Crippen LogP contribution in [0.5, 0.6) is 5.75 Å². The zero-order valence-electron chi connectivity index (χ0n) is 15.3. The fourth-order valence-corrected chi connectivity index (χ4v) is 6.76. The summed E-state index contributed by atoms with van der Waals surface area (Å²) >= 11 is 3.86. The molecule has 0 N–H and O–H groups in total. The Morgan fingerprint density at radius 1 is 1.00 bits per heavy atom. The van der Waals surface area contributed by atoms with E-state index in [-0.39, 0.29) is 5.54 Å². The molecule has 0 fully saturated rings. The first kappa shape index (κ1) is 17.4. The zero-order valence-corrected chi connectivity index (χ0v) is 16.9. The number of hydrogen-bond acceptors (Lipinski definition) is 4.